The molecule has 0 radical (unpaired) electrons. The molecule has 0 saturated heterocycles. The number of hydrogen-bond acceptors (Lipinski definition) is 1. The van der Waals surface area contributed by atoms with Crippen LogP contribution >= 0.6 is 95.9 Å². The van der Waals surface area contributed by atoms with Crippen LogP contribution in [0.2, 0.25) is 1.41 Å². The second kappa shape index (κ2) is 8.68. The van der Waals surface area contributed by atoms with Crippen LogP contribution in [0.25, 0.3) is 0 Å². The average Bonchev–Trinajstić information content (AvgIpc) is 1.85. The third-order valence-corrected chi connectivity index (χ3v) is 44.3. The van der Waals surface area contributed by atoms with Crippen LogP contribution in [-0.4, -0.2) is 0 Å². The fourth-order valence-electron chi connectivity index (χ4n) is 0.272. The Hall–Kier alpha value is 4.56. The molecule has 0 aromatic carbocycles. The molecule has 0 bridgehead atoms. The maximum Gasteiger partial charge on any atom is 0.140 e. The van der Waals surface area contributed by atoms with Crippen molar-refractivity contribution >= 4 is 95.9 Å². The molecule has 1 N–H and O–H groups in total. The van der Waals surface area contributed by atoms with Gasteiger partial charge in [-0.15, -0.1) is 35.7 Å². The SMILES string of the molecule is [3H]N(I)P(P(P)P)P(P)P(P)P. The largest absolute Gasteiger partial charge is 0.230 e. The quantitative estimate of drug-likeness (QED) is 0.353. The molecule has 0 aliphatic rings. The topological polar surface area (TPSA) is 12.0 Å². The Morgan fingerprint density at radius 3 is 1.64 bits per heavy atom. The average molecular weight is 433 g/mol. The molecule has 0 saturated carbocycles. The number of hydrogen-bond donors (Lipinski definition) is 1. The van der Waals surface area contributed by atoms with Crippen molar-refractivity contribution in [2.45, 2.75) is 0 Å². The van der Waals surface area contributed by atoms with Crippen LogP contribution in [-0.2, 0) is 0 Å². The summed E-state index contributed by atoms with van der Waals surface area (Å²) in [5, 5.41) is 0. The first kappa shape index (κ1) is 13.6. The molecular formula is H11INP9. The maximum atomic E-state index is 7.62. The molecule has 7 atom stereocenters. The Kier molecular flexibility index (Phi) is 10.8. The van der Waals surface area contributed by atoms with Gasteiger partial charge in [-0.1, -0.05) is 8.93 Å². The molecule has 11 heteroatoms. The summed E-state index contributed by atoms with van der Waals surface area (Å²) in [4.78, 5) is 0. The van der Waals surface area contributed by atoms with Crippen molar-refractivity contribution in [1.29, 1.82) is 0 Å². The highest BCUT2D eigenvalue weighted by Gasteiger charge is 2.22. The van der Waals surface area contributed by atoms with Gasteiger partial charge in [-0.2, -0.15) is 0 Å². The summed E-state index contributed by atoms with van der Waals surface area (Å²) in [5.74, 6) is 0. The molecule has 0 rings (SSSR count). The zero-order valence-corrected chi connectivity index (χ0v) is 17.0. The van der Waals surface area contributed by atoms with Crippen molar-refractivity contribution < 1.29 is 1.41 Å². The summed E-state index contributed by atoms with van der Waals surface area (Å²) < 4.78 is 9.25. The van der Waals surface area contributed by atoms with E-state index in [1.165, 1.54) is 0 Å². The van der Waals surface area contributed by atoms with Crippen molar-refractivity contribution in [2.75, 3.05) is 0 Å². The minimum atomic E-state index is -0.287. The summed E-state index contributed by atoms with van der Waals surface area (Å²) in [6.45, 7) is -0.293. The molecular weight excluding hydrogens is 420 g/mol. The van der Waals surface area contributed by atoms with Gasteiger partial charge in [-0.05, 0) is 21.0 Å². The number of halogens is 1. The van der Waals surface area contributed by atoms with Gasteiger partial charge in [0.2, 0.25) is 0 Å². The number of nitrogens with one attached hydrogen (secondary N) is 1. The monoisotopic (exact) mass is 433 g/mol. The van der Waals surface area contributed by atoms with Crippen LogP contribution in [0, 0.1) is 0 Å². The second-order valence-electron chi connectivity index (χ2n) is 1.42. The summed E-state index contributed by atoms with van der Waals surface area (Å²) in [6.07, 6.45) is 0. The summed E-state index contributed by atoms with van der Waals surface area (Å²) in [7, 11) is 14.0. The van der Waals surface area contributed by atoms with Crippen LogP contribution in [0.15, 0.2) is 0 Å². The van der Waals surface area contributed by atoms with Gasteiger partial charge in [0, 0.05) is 30.3 Å². The number of rotatable bonds is 4. The van der Waals surface area contributed by atoms with E-state index in [1.807, 2.05) is 0 Å². The maximum absolute atomic E-state index is 7.62. The fraction of sp³-hybridized carbons (Fsp3) is 0. The van der Waals surface area contributed by atoms with Crippen LogP contribution in [0.4, 0.5) is 0 Å². The molecule has 0 aromatic rings. The van der Waals surface area contributed by atoms with Crippen molar-refractivity contribution in [3.8, 4) is 0 Å². The van der Waals surface area contributed by atoms with Crippen LogP contribution in [0.5, 0.6) is 0 Å². The lowest BCUT2D eigenvalue weighted by atomic mass is 13.9. The van der Waals surface area contributed by atoms with Crippen molar-refractivity contribution in [2.24, 2.45) is 0 Å². The molecule has 0 aliphatic carbocycles. The predicted octanol–water partition coefficient (Wildman–Crippen LogP) is 5.46. The molecule has 11 heavy (non-hydrogen) atoms. The van der Waals surface area contributed by atoms with Gasteiger partial charge in [-0.3, -0.25) is 0 Å². The van der Waals surface area contributed by atoms with E-state index < -0.39 is 0 Å². The van der Waals surface area contributed by atoms with Gasteiger partial charge in [0.15, 0.2) is 0 Å². The molecule has 0 aliphatic heterocycles. The summed E-state index contributed by atoms with van der Waals surface area (Å²) >= 11 is 2.08. The Labute approximate surface area is 99.9 Å². The fourth-order valence-corrected chi connectivity index (χ4v) is 54.0. The van der Waals surface area contributed by atoms with Gasteiger partial charge in [0.1, 0.15) is 1.41 Å². The minimum Gasteiger partial charge on any atom is -0.230 e. The molecule has 0 amide bonds. The Morgan fingerprint density at radius 2 is 1.55 bits per heavy atom. The Balaban J connectivity index is 4.30. The Morgan fingerprint density at radius 1 is 1.09 bits per heavy atom. The lowest BCUT2D eigenvalue weighted by Crippen LogP contribution is -1.76. The van der Waals surface area contributed by atoms with Gasteiger partial charge in [-0.25, -0.2) is 3.29 Å². The van der Waals surface area contributed by atoms with Crippen LogP contribution in [0.1, 0.15) is 0 Å². The van der Waals surface area contributed by atoms with Gasteiger partial charge < -0.3 is 0 Å². The van der Waals surface area contributed by atoms with Crippen LogP contribution < -0.4 is 3.29 Å². The first-order valence-corrected chi connectivity index (χ1v) is 18.8. The van der Waals surface area contributed by atoms with E-state index in [0.717, 1.165) is 0 Å². The van der Waals surface area contributed by atoms with Gasteiger partial charge in [0.05, 0.1) is 0 Å². The third kappa shape index (κ3) is 6.67. The van der Waals surface area contributed by atoms with Crippen LogP contribution in [0.3, 0.4) is 0 Å². The Bertz CT molecular complexity index is 118. The van der Waals surface area contributed by atoms with E-state index >= 15 is 0 Å². The molecule has 0 spiro atoms. The lowest BCUT2D eigenvalue weighted by molar-refractivity contribution is 1.87. The molecule has 1 nitrogen and oxygen atoms in total. The zero-order valence-electron chi connectivity index (χ0n) is 6.50. The first-order chi connectivity index (χ1) is 5.37. The van der Waals surface area contributed by atoms with Gasteiger partial charge >= 0.3 is 0 Å². The van der Waals surface area contributed by atoms with Crippen molar-refractivity contribution in [3.63, 3.8) is 0 Å². The minimum absolute atomic E-state index is 0.0530. The zero-order chi connectivity index (χ0) is 9.89. The smallest absolute Gasteiger partial charge is 0.140 e. The van der Waals surface area contributed by atoms with Crippen molar-refractivity contribution in [3.05, 3.63) is 0 Å². The lowest BCUT2D eigenvalue weighted by Gasteiger charge is -2.28. The van der Waals surface area contributed by atoms with Gasteiger partial charge in [0.25, 0.3) is 0 Å². The molecule has 68 valence electrons. The predicted molar refractivity (Wildman–Crippen MR) is 93.4 cm³/mol. The third-order valence-electron chi connectivity index (χ3n) is 0.694. The van der Waals surface area contributed by atoms with E-state index in [4.69, 9.17) is 1.41 Å². The molecule has 0 aromatic heterocycles. The van der Waals surface area contributed by atoms with E-state index in [2.05, 4.69) is 67.5 Å². The molecule has 0 fully saturated rings. The molecule has 0 heterocycles. The highest BCUT2D eigenvalue weighted by Crippen LogP contribution is 3.04. The van der Waals surface area contributed by atoms with E-state index in [9.17, 15) is 0 Å². The normalized spacial score (nSPS) is 19.2. The second-order valence-corrected chi connectivity index (χ2v) is 34.7. The van der Waals surface area contributed by atoms with E-state index in [1.54, 1.807) is 3.29 Å². The van der Waals surface area contributed by atoms with E-state index in [0.29, 0.717) is 0 Å². The van der Waals surface area contributed by atoms with E-state index in [-0.39, 0.29) is 28.4 Å². The van der Waals surface area contributed by atoms with Crippen molar-refractivity contribution in [1.82, 2.24) is 3.29 Å². The molecule has 7 unspecified atom stereocenters. The first-order valence-electron chi connectivity index (χ1n) is 2.71. The highest BCUT2D eigenvalue weighted by molar-refractivity contribution is 14.1. The standard InChI is InChI=1S/H11INP9/c1-2-8(9(3)4)11(7)10(5)6/h2H,3-7H2/i/hT. The summed E-state index contributed by atoms with van der Waals surface area (Å²) in [6, 6.07) is 0. The summed E-state index contributed by atoms with van der Waals surface area (Å²) in [5.41, 5.74) is 0. The highest BCUT2D eigenvalue weighted by atomic mass is 127.